The molecule has 2 aliphatic carbocycles. The maximum atomic E-state index is 9.46. The van der Waals surface area contributed by atoms with E-state index in [0.717, 1.165) is 6.42 Å². The van der Waals surface area contributed by atoms with E-state index in [1.165, 1.54) is 44.9 Å². The first-order valence-electron chi connectivity index (χ1n) is 12.3. The Morgan fingerprint density at radius 2 is 1.43 bits per heavy atom. The van der Waals surface area contributed by atoms with Crippen molar-refractivity contribution in [1.82, 2.24) is 0 Å². The standard InChI is InChI=1S/2C14H26O/c2*1-11(12(2)15)7-10-14(5)9-6-8-13(14,3)4/h7,10-12,15H,6,8-9H2,1-5H3;11,15H,2,6-10H2,1,3-5H3. The SMILES string of the molecule is C=C(O)C(C)CCC1(C)CCCC1(C)C.CC(O)C(C)C=CC1(C)CCCC1(C)C. The molecule has 0 aromatic carbocycles. The van der Waals surface area contributed by atoms with Gasteiger partial charge in [-0.25, -0.2) is 0 Å². The second kappa shape index (κ2) is 10.2. The maximum absolute atomic E-state index is 9.46. The molecule has 0 aromatic heterocycles. The second-order valence-corrected chi connectivity index (χ2v) is 12.3. The van der Waals surface area contributed by atoms with E-state index in [4.69, 9.17) is 0 Å². The Kier molecular flexibility index (Phi) is 9.31. The van der Waals surface area contributed by atoms with Gasteiger partial charge < -0.3 is 10.2 Å². The van der Waals surface area contributed by atoms with Gasteiger partial charge in [-0.3, -0.25) is 0 Å². The normalized spacial score (nSPS) is 33.0. The number of hydrogen-bond donors (Lipinski definition) is 2. The van der Waals surface area contributed by atoms with Gasteiger partial charge in [0.2, 0.25) is 0 Å². The van der Waals surface area contributed by atoms with Gasteiger partial charge in [-0.05, 0) is 73.0 Å². The molecule has 2 rings (SSSR count). The summed E-state index contributed by atoms with van der Waals surface area (Å²) in [5.41, 5.74) is 1.64. The van der Waals surface area contributed by atoms with Gasteiger partial charge in [-0.2, -0.15) is 0 Å². The van der Waals surface area contributed by atoms with E-state index in [9.17, 15) is 10.2 Å². The van der Waals surface area contributed by atoms with E-state index < -0.39 is 0 Å². The first kappa shape index (κ1) is 27.3. The molecule has 5 unspecified atom stereocenters. The van der Waals surface area contributed by atoms with Crippen LogP contribution in [0.3, 0.4) is 0 Å². The fourth-order valence-electron chi connectivity index (χ4n) is 5.08. The van der Waals surface area contributed by atoms with E-state index in [1.807, 2.05) is 6.92 Å². The van der Waals surface area contributed by atoms with Gasteiger partial charge in [-0.1, -0.05) is 87.0 Å². The van der Waals surface area contributed by atoms with Crippen molar-refractivity contribution in [3.05, 3.63) is 24.5 Å². The summed E-state index contributed by atoms with van der Waals surface area (Å²) in [6.45, 7) is 23.9. The van der Waals surface area contributed by atoms with Crippen LogP contribution in [0.15, 0.2) is 24.5 Å². The van der Waals surface area contributed by atoms with E-state index in [0.29, 0.717) is 27.4 Å². The Balaban J connectivity index is 0.000000300. The van der Waals surface area contributed by atoms with Crippen molar-refractivity contribution in [2.24, 2.45) is 33.5 Å². The summed E-state index contributed by atoms with van der Waals surface area (Å²) in [6, 6.07) is 0. The van der Waals surface area contributed by atoms with Crippen LogP contribution in [0.25, 0.3) is 0 Å². The van der Waals surface area contributed by atoms with Crippen molar-refractivity contribution in [2.45, 2.75) is 120 Å². The van der Waals surface area contributed by atoms with Gasteiger partial charge in [0.15, 0.2) is 0 Å². The third-order valence-electron chi connectivity index (χ3n) is 9.43. The summed E-state index contributed by atoms with van der Waals surface area (Å²) in [5.74, 6) is 0.853. The molecule has 2 nitrogen and oxygen atoms in total. The molecule has 0 aromatic rings. The van der Waals surface area contributed by atoms with E-state index >= 15 is 0 Å². The number of rotatable bonds is 7. The molecule has 0 radical (unpaired) electrons. The Hall–Kier alpha value is -0.760. The smallest absolute Gasteiger partial charge is 0.0879 e. The van der Waals surface area contributed by atoms with Crippen molar-refractivity contribution in [3.8, 4) is 0 Å². The van der Waals surface area contributed by atoms with Crippen LogP contribution < -0.4 is 0 Å². The number of allylic oxidation sites excluding steroid dienone is 2. The Morgan fingerprint density at radius 1 is 0.900 bits per heavy atom. The molecule has 0 heterocycles. The average Bonchev–Trinajstić information content (AvgIpc) is 3.05. The van der Waals surface area contributed by atoms with Gasteiger partial charge >= 0.3 is 0 Å². The van der Waals surface area contributed by atoms with Crippen molar-refractivity contribution in [2.75, 3.05) is 0 Å². The third kappa shape index (κ3) is 6.62. The number of aliphatic hydroxyl groups is 2. The summed E-state index contributed by atoms with van der Waals surface area (Å²) in [6.07, 6.45) is 14.5. The van der Waals surface area contributed by atoms with Gasteiger partial charge in [0.05, 0.1) is 11.9 Å². The maximum Gasteiger partial charge on any atom is 0.0879 e. The van der Waals surface area contributed by atoms with Crippen LogP contribution in [0, 0.1) is 33.5 Å². The molecular weight excluding hydrogens is 368 g/mol. The quantitative estimate of drug-likeness (QED) is 0.320. The van der Waals surface area contributed by atoms with E-state index in [1.54, 1.807) is 0 Å². The molecule has 0 amide bonds. The molecule has 2 saturated carbocycles. The lowest BCUT2D eigenvalue weighted by atomic mass is 9.66. The highest BCUT2D eigenvalue weighted by Crippen LogP contribution is 2.55. The molecule has 30 heavy (non-hydrogen) atoms. The molecule has 2 fully saturated rings. The fourth-order valence-corrected chi connectivity index (χ4v) is 5.08. The predicted octanol–water partition coefficient (Wildman–Crippen LogP) is 8.47. The van der Waals surface area contributed by atoms with Crippen LogP contribution in [0.5, 0.6) is 0 Å². The highest BCUT2D eigenvalue weighted by atomic mass is 16.3. The molecule has 0 spiro atoms. The summed E-state index contributed by atoms with van der Waals surface area (Å²) in [7, 11) is 0. The molecule has 2 heteroatoms. The van der Waals surface area contributed by atoms with Crippen LogP contribution in [-0.4, -0.2) is 16.3 Å². The highest BCUT2D eigenvalue weighted by Gasteiger charge is 2.44. The minimum Gasteiger partial charge on any atom is -0.513 e. The lowest BCUT2D eigenvalue weighted by Crippen LogP contribution is -2.30. The third-order valence-corrected chi connectivity index (χ3v) is 9.43. The fraction of sp³-hybridized carbons (Fsp3) is 0.857. The largest absolute Gasteiger partial charge is 0.513 e. The van der Waals surface area contributed by atoms with Crippen LogP contribution >= 0.6 is 0 Å². The molecule has 2 N–H and O–H groups in total. The summed E-state index contributed by atoms with van der Waals surface area (Å²) in [5, 5.41) is 18.8. The zero-order valence-electron chi connectivity index (χ0n) is 21.6. The molecule has 176 valence electrons. The van der Waals surface area contributed by atoms with Crippen LogP contribution in [-0.2, 0) is 0 Å². The molecule has 2 aliphatic rings. The van der Waals surface area contributed by atoms with Crippen LogP contribution in [0.1, 0.15) is 114 Å². The lowest BCUT2D eigenvalue weighted by Gasteiger charge is -2.39. The molecule has 0 saturated heterocycles. The van der Waals surface area contributed by atoms with E-state index in [-0.39, 0.29) is 17.9 Å². The zero-order chi connectivity index (χ0) is 23.4. The summed E-state index contributed by atoms with van der Waals surface area (Å²) in [4.78, 5) is 0. The predicted molar refractivity (Wildman–Crippen MR) is 132 cm³/mol. The Bertz CT molecular complexity index is 585. The van der Waals surface area contributed by atoms with Crippen LogP contribution in [0.4, 0.5) is 0 Å². The minimum atomic E-state index is -0.241. The van der Waals surface area contributed by atoms with E-state index in [2.05, 4.69) is 74.1 Å². The highest BCUT2D eigenvalue weighted by molar-refractivity contribution is 5.09. The van der Waals surface area contributed by atoms with Gasteiger partial charge in [0, 0.05) is 5.92 Å². The molecule has 5 atom stereocenters. The first-order chi connectivity index (χ1) is 13.6. The monoisotopic (exact) mass is 420 g/mol. The van der Waals surface area contributed by atoms with Crippen molar-refractivity contribution >= 4 is 0 Å². The molecule has 0 bridgehead atoms. The Labute approximate surface area is 188 Å². The molecule has 0 aliphatic heterocycles. The summed E-state index contributed by atoms with van der Waals surface area (Å²) >= 11 is 0. The number of hydrogen-bond acceptors (Lipinski definition) is 2. The summed E-state index contributed by atoms with van der Waals surface area (Å²) < 4.78 is 0. The minimum absolute atomic E-state index is 0.241. The topological polar surface area (TPSA) is 40.5 Å². The Morgan fingerprint density at radius 3 is 1.83 bits per heavy atom. The van der Waals surface area contributed by atoms with Crippen molar-refractivity contribution in [1.29, 1.82) is 0 Å². The average molecular weight is 421 g/mol. The van der Waals surface area contributed by atoms with Crippen LogP contribution in [0.2, 0.25) is 0 Å². The lowest BCUT2D eigenvalue weighted by molar-refractivity contribution is 0.109. The second-order valence-electron chi connectivity index (χ2n) is 12.3. The van der Waals surface area contributed by atoms with Gasteiger partial charge in [0.1, 0.15) is 0 Å². The van der Waals surface area contributed by atoms with Crippen molar-refractivity contribution < 1.29 is 10.2 Å². The zero-order valence-corrected chi connectivity index (χ0v) is 21.6. The number of aliphatic hydroxyl groups excluding tert-OH is 2. The molecular formula is C28H52O2. The van der Waals surface area contributed by atoms with Gasteiger partial charge in [0.25, 0.3) is 0 Å². The van der Waals surface area contributed by atoms with Crippen molar-refractivity contribution in [3.63, 3.8) is 0 Å². The van der Waals surface area contributed by atoms with Gasteiger partial charge in [-0.15, -0.1) is 0 Å². The first-order valence-corrected chi connectivity index (χ1v) is 12.3.